The minimum atomic E-state index is -1.17. The number of rotatable bonds is 5. The molecule has 0 aliphatic heterocycles. The first-order valence-corrected chi connectivity index (χ1v) is 8.33. The van der Waals surface area contributed by atoms with Gasteiger partial charge in [0.2, 0.25) is 0 Å². The van der Waals surface area contributed by atoms with Gasteiger partial charge >= 0.3 is 5.97 Å². The van der Waals surface area contributed by atoms with Crippen LogP contribution >= 0.6 is 0 Å². The van der Waals surface area contributed by atoms with Crippen molar-refractivity contribution in [1.29, 1.82) is 0 Å². The van der Waals surface area contributed by atoms with Crippen molar-refractivity contribution >= 4 is 11.8 Å². The molecule has 130 valence electrons. The molecule has 0 saturated carbocycles. The highest BCUT2D eigenvalue weighted by Gasteiger charge is 2.52. The minimum Gasteiger partial charge on any atom is -0.497 e. The molecule has 0 bridgehead atoms. The van der Waals surface area contributed by atoms with Crippen molar-refractivity contribution in [2.75, 3.05) is 7.11 Å². The number of allylic oxidation sites excluding steroid dienone is 2. The molecule has 1 atom stereocenters. The summed E-state index contributed by atoms with van der Waals surface area (Å²) in [5.74, 6) is 0.0803. The fraction of sp³-hybridized carbons (Fsp3) is 0.500. The van der Waals surface area contributed by atoms with E-state index in [1.165, 1.54) is 0 Å². The largest absolute Gasteiger partial charge is 0.497 e. The number of carbonyl (C=O) groups is 2. The van der Waals surface area contributed by atoms with Crippen LogP contribution in [0.5, 0.6) is 5.75 Å². The Hall–Kier alpha value is -2.10. The van der Waals surface area contributed by atoms with E-state index in [9.17, 15) is 9.59 Å². The summed E-state index contributed by atoms with van der Waals surface area (Å²) in [7, 11) is 1.59. The zero-order chi connectivity index (χ0) is 18.0. The lowest BCUT2D eigenvalue weighted by Gasteiger charge is -2.29. The number of esters is 1. The first-order chi connectivity index (χ1) is 11.2. The normalized spacial score (nSPS) is 20.3. The van der Waals surface area contributed by atoms with Crippen LogP contribution in [0, 0.1) is 5.41 Å². The summed E-state index contributed by atoms with van der Waals surface area (Å²) < 4.78 is 10.8. The second-order valence-corrected chi connectivity index (χ2v) is 7.20. The highest BCUT2D eigenvalue weighted by atomic mass is 16.6. The molecule has 0 fully saturated rings. The number of carbonyl (C=O) groups excluding carboxylic acids is 2. The molecule has 0 unspecified atom stereocenters. The monoisotopic (exact) mass is 330 g/mol. The Morgan fingerprint density at radius 2 is 2.00 bits per heavy atom. The fourth-order valence-electron chi connectivity index (χ4n) is 2.97. The first kappa shape index (κ1) is 18.2. The molecule has 0 radical (unpaired) electrons. The summed E-state index contributed by atoms with van der Waals surface area (Å²) in [6.45, 7) is 7.47. The molecule has 1 aromatic carbocycles. The van der Waals surface area contributed by atoms with Gasteiger partial charge < -0.3 is 9.47 Å². The van der Waals surface area contributed by atoms with Crippen LogP contribution in [0.4, 0.5) is 0 Å². The van der Waals surface area contributed by atoms with Gasteiger partial charge in [-0.3, -0.25) is 9.59 Å². The standard InChI is InChI=1S/C20H26O4/c1-6-7-8-11-20(18(22)24-19(2,3)4)13-14-12-15(23-5)9-10-16(14)17(20)21/h7-10,12H,6,11,13H2,1-5H3/b8-7+/t20-/m0/s1. The summed E-state index contributed by atoms with van der Waals surface area (Å²) >= 11 is 0. The summed E-state index contributed by atoms with van der Waals surface area (Å²) in [4.78, 5) is 26.0. The van der Waals surface area contributed by atoms with E-state index in [1.807, 2.05) is 45.9 Å². The van der Waals surface area contributed by atoms with Gasteiger partial charge in [0.05, 0.1) is 7.11 Å². The average molecular weight is 330 g/mol. The molecular formula is C20H26O4. The van der Waals surface area contributed by atoms with Crippen LogP contribution in [0.2, 0.25) is 0 Å². The molecule has 2 rings (SSSR count). The van der Waals surface area contributed by atoms with Gasteiger partial charge in [0.25, 0.3) is 0 Å². The zero-order valence-electron chi connectivity index (χ0n) is 15.1. The van der Waals surface area contributed by atoms with Gasteiger partial charge in [0.15, 0.2) is 5.78 Å². The van der Waals surface area contributed by atoms with Crippen LogP contribution in [0.15, 0.2) is 30.4 Å². The Kier molecular flexibility index (Phi) is 5.16. The lowest BCUT2D eigenvalue weighted by molar-refractivity contribution is -0.164. The number of ether oxygens (including phenoxy) is 2. The van der Waals surface area contributed by atoms with Crippen LogP contribution in [0.1, 0.15) is 56.5 Å². The van der Waals surface area contributed by atoms with Crippen molar-refractivity contribution in [1.82, 2.24) is 0 Å². The predicted octanol–water partition coefficient (Wildman–Crippen LogP) is 4.12. The lowest BCUT2D eigenvalue weighted by atomic mass is 9.80. The summed E-state index contributed by atoms with van der Waals surface area (Å²) in [6.07, 6.45) is 5.44. The van der Waals surface area contributed by atoms with Gasteiger partial charge in [0.1, 0.15) is 16.8 Å². The Morgan fingerprint density at radius 3 is 2.58 bits per heavy atom. The van der Waals surface area contributed by atoms with E-state index in [-0.39, 0.29) is 5.78 Å². The van der Waals surface area contributed by atoms with Gasteiger partial charge in [0, 0.05) is 5.56 Å². The average Bonchev–Trinajstić information content (AvgIpc) is 2.79. The van der Waals surface area contributed by atoms with Gasteiger partial charge in [-0.15, -0.1) is 0 Å². The first-order valence-electron chi connectivity index (χ1n) is 8.33. The molecule has 0 aromatic heterocycles. The van der Waals surface area contributed by atoms with E-state index in [4.69, 9.17) is 9.47 Å². The fourth-order valence-corrected chi connectivity index (χ4v) is 2.97. The Morgan fingerprint density at radius 1 is 1.29 bits per heavy atom. The molecule has 1 aliphatic rings. The van der Waals surface area contributed by atoms with E-state index < -0.39 is 17.0 Å². The molecule has 0 saturated heterocycles. The van der Waals surface area contributed by atoms with Gasteiger partial charge in [-0.25, -0.2) is 0 Å². The quantitative estimate of drug-likeness (QED) is 0.463. The maximum absolute atomic E-state index is 13.1. The van der Waals surface area contributed by atoms with E-state index in [1.54, 1.807) is 19.2 Å². The van der Waals surface area contributed by atoms with Crippen molar-refractivity contribution < 1.29 is 19.1 Å². The molecule has 4 heteroatoms. The number of benzene rings is 1. The van der Waals surface area contributed by atoms with Crippen LogP contribution in [-0.4, -0.2) is 24.5 Å². The second-order valence-electron chi connectivity index (χ2n) is 7.20. The third-order valence-corrected chi connectivity index (χ3v) is 4.14. The van der Waals surface area contributed by atoms with Gasteiger partial charge in [-0.05, 0) is 63.8 Å². The molecule has 0 spiro atoms. The maximum Gasteiger partial charge on any atom is 0.321 e. The minimum absolute atomic E-state index is 0.157. The molecular weight excluding hydrogens is 304 g/mol. The Labute approximate surface area is 143 Å². The third kappa shape index (κ3) is 3.53. The summed E-state index contributed by atoms with van der Waals surface area (Å²) in [6, 6.07) is 5.33. The molecule has 4 nitrogen and oxygen atoms in total. The molecule has 0 N–H and O–H groups in total. The molecule has 0 amide bonds. The Balaban J connectivity index is 2.43. The lowest BCUT2D eigenvalue weighted by Crippen LogP contribution is -2.42. The van der Waals surface area contributed by atoms with E-state index in [2.05, 4.69) is 0 Å². The van der Waals surface area contributed by atoms with Crippen LogP contribution in [0.3, 0.4) is 0 Å². The third-order valence-electron chi connectivity index (χ3n) is 4.14. The van der Waals surface area contributed by atoms with Crippen molar-refractivity contribution in [3.05, 3.63) is 41.5 Å². The number of hydrogen-bond acceptors (Lipinski definition) is 4. The van der Waals surface area contributed by atoms with Crippen molar-refractivity contribution in [2.24, 2.45) is 5.41 Å². The number of methoxy groups -OCH3 is 1. The molecule has 1 aliphatic carbocycles. The smallest absolute Gasteiger partial charge is 0.321 e. The van der Waals surface area contributed by atoms with Gasteiger partial charge in [-0.2, -0.15) is 0 Å². The summed E-state index contributed by atoms with van der Waals surface area (Å²) in [5.41, 5.74) is -0.375. The SMILES string of the molecule is CC/C=C/C[C@]1(C(=O)OC(C)(C)C)Cc2cc(OC)ccc2C1=O. The van der Waals surface area contributed by atoms with Crippen LogP contribution in [0.25, 0.3) is 0 Å². The highest BCUT2D eigenvalue weighted by molar-refractivity contribution is 6.16. The predicted molar refractivity (Wildman–Crippen MR) is 93.4 cm³/mol. The molecule has 24 heavy (non-hydrogen) atoms. The molecule has 1 aromatic rings. The topological polar surface area (TPSA) is 52.6 Å². The number of fused-ring (bicyclic) bond motifs is 1. The molecule has 0 heterocycles. The van der Waals surface area contributed by atoms with E-state index >= 15 is 0 Å². The number of ketones is 1. The summed E-state index contributed by atoms with van der Waals surface area (Å²) in [5, 5.41) is 0. The van der Waals surface area contributed by atoms with Crippen LogP contribution in [-0.2, 0) is 16.0 Å². The van der Waals surface area contributed by atoms with Crippen molar-refractivity contribution in [2.45, 2.75) is 52.6 Å². The number of hydrogen-bond donors (Lipinski definition) is 0. The van der Waals surface area contributed by atoms with E-state index in [0.717, 1.165) is 12.0 Å². The Bertz CT molecular complexity index is 667. The van der Waals surface area contributed by atoms with Crippen molar-refractivity contribution in [3.8, 4) is 5.75 Å². The zero-order valence-corrected chi connectivity index (χ0v) is 15.1. The maximum atomic E-state index is 13.1. The number of Topliss-reactive ketones (excluding diaryl/α,β-unsaturated/α-hetero) is 1. The van der Waals surface area contributed by atoms with Crippen LogP contribution < -0.4 is 4.74 Å². The van der Waals surface area contributed by atoms with Gasteiger partial charge in [-0.1, -0.05) is 19.1 Å². The highest BCUT2D eigenvalue weighted by Crippen LogP contribution is 2.43. The second kappa shape index (κ2) is 6.80. The van der Waals surface area contributed by atoms with E-state index in [0.29, 0.717) is 24.2 Å². The van der Waals surface area contributed by atoms with Crippen molar-refractivity contribution in [3.63, 3.8) is 0 Å².